The average Bonchev–Trinajstić information content (AvgIpc) is 2.82. The van der Waals surface area contributed by atoms with Crippen LogP contribution in [0.5, 0.6) is 11.8 Å². The van der Waals surface area contributed by atoms with E-state index in [1.165, 1.54) is 33.6 Å². The van der Waals surface area contributed by atoms with Gasteiger partial charge in [-0.15, -0.1) is 0 Å². The summed E-state index contributed by atoms with van der Waals surface area (Å²) in [7, 11) is 3.93. The van der Waals surface area contributed by atoms with Gasteiger partial charge in [-0.1, -0.05) is 30.3 Å². The second kappa shape index (κ2) is 8.55. The van der Waals surface area contributed by atoms with E-state index in [9.17, 15) is 15.2 Å². The lowest BCUT2D eigenvalue weighted by Crippen LogP contribution is -2.32. The van der Waals surface area contributed by atoms with Crippen LogP contribution in [-0.4, -0.2) is 47.4 Å². The minimum atomic E-state index is -2.49. The molecule has 1 N–H and O–H groups in total. The molecule has 30 heavy (non-hydrogen) atoms. The highest BCUT2D eigenvalue weighted by Gasteiger charge is 2.42. The third kappa shape index (κ3) is 3.64. The van der Waals surface area contributed by atoms with Gasteiger partial charge in [0, 0.05) is 6.20 Å². The second-order valence-corrected chi connectivity index (χ2v) is 6.04. The third-order valence-electron chi connectivity index (χ3n) is 4.35. The molecule has 3 aromatic rings. The minimum Gasteiger partial charge on any atom is -0.481 e. The third-order valence-corrected chi connectivity index (χ3v) is 4.35. The van der Waals surface area contributed by atoms with Crippen LogP contribution >= 0.6 is 0 Å². The van der Waals surface area contributed by atoms with Crippen molar-refractivity contribution in [3.05, 3.63) is 65.7 Å². The predicted octanol–water partition coefficient (Wildman–Crippen LogP) is 2.10. The molecule has 3 rings (SSSR count). The average molecular weight is 406 g/mol. The monoisotopic (exact) mass is 406 g/mol. The Morgan fingerprint density at radius 1 is 1.07 bits per heavy atom. The molecule has 2 aromatic heterocycles. The van der Waals surface area contributed by atoms with Gasteiger partial charge in [0.15, 0.2) is 5.82 Å². The number of ether oxygens (including phenoxy) is 3. The van der Waals surface area contributed by atoms with Gasteiger partial charge in [0.05, 0.1) is 33.0 Å². The molecule has 152 valence electrons. The first-order valence-corrected chi connectivity index (χ1v) is 8.72. The number of nitriles is 1. The van der Waals surface area contributed by atoms with Crippen molar-refractivity contribution < 1.29 is 24.1 Å². The highest BCUT2D eigenvalue weighted by molar-refractivity contribution is 5.98. The summed E-state index contributed by atoms with van der Waals surface area (Å²) in [5.41, 5.74) is -1.74. The first-order valence-electron chi connectivity index (χ1n) is 8.72. The Kier molecular flexibility index (Phi) is 5.90. The number of hydrogen-bond acceptors (Lipinski definition) is 9. The van der Waals surface area contributed by atoms with Crippen LogP contribution in [0, 0.1) is 11.3 Å². The molecule has 0 spiro atoms. The molecule has 0 aliphatic rings. The minimum absolute atomic E-state index is 0.0596. The van der Waals surface area contributed by atoms with Gasteiger partial charge < -0.3 is 19.3 Å². The lowest BCUT2D eigenvalue weighted by molar-refractivity contribution is 0.0586. The second-order valence-electron chi connectivity index (χ2n) is 6.04. The van der Waals surface area contributed by atoms with Gasteiger partial charge in [-0.3, -0.25) is 4.98 Å². The number of pyridine rings is 1. The molecule has 0 radical (unpaired) electrons. The van der Waals surface area contributed by atoms with Gasteiger partial charge >= 0.3 is 5.97 Å². The molecule has 0 aliphatic carbocycles. The molecule has 9 nitrogen and oxygen atoms in total. The maximum Gasteiger partial charge on any atom is 0.340 e. The van der Waals surface area contributed by atoms with Crippen molar-refractivity contribution in [3.63, 3.8) is 0 Å². The Hall–Kier alpha value is -4.03. The highest BCUT2D eigenvalue weighted by atomic mass is 16.5. The van der Waals surface area contributed by atoms with Crippen LogP contribution in [0.4, 0.5) is 0 Å². The Labute approximate surface area is 172 Å². The summed E-state index contributed by atoms with van der Waals surface area (Å²) in [4.78, 5) is 25.0. The summed E-state index contributed by atoms with van der Waals surface area (Å²) in [6.07, 6.45) is 1.38. The molecule has 0 saturated carbocycles. The fourth-order valence-electron chi connectivity index (χ4n) is 2.89. The highest BCUT2D eigenvalue weighted by Crippen LogP contribution is 2.35. The van der Waals surface area contributed by atoms with Crippen molar-refractivity contribution in [3.8, 4) is 29.0 Å². The summed E-state index contributed by atoms with van der Waals surface area (Å²) in [5, 5.41) is 21.2. The van der Waals surface area contributed by atoms with Gasteiger partial charge in [0.1, 0.15) is 11.8 Å². The summed E-state index contributed by atoms with van der Waals surface area (Å²) in [6.45, 7) is 0. The number of esters is 1. The Morgan fingerprint density at radius 3 is 2.23 bits per heavy atom. The molecular formula is C21H18N4O5. The molecule has 2 heterocycles. The first-order chi connectivity index (χ1) is 14.5. The number of hydrogen-bond donors (Lipinski definition) is 1. The standard InChI is InChI=1S/C21H18N4O5/c1-28-15-11-16(29-2)25-20(24-15)21(27,12-22)18-17(19(26)30-3)14(9-10-23-18)13-7-5-4-6-8-13/h4-11,27H,1-3H3. The number of carbonyl (C=O) groups is 1. The summed E-state index contributed by atoms with van der Waals surface area (Å²) >= 11 is 0. The van der Waals surface area contributed by atoms with Gasteiger partial charge in [-0.25, -0.2) is 4.79 Å². The van der Waals surface area contributed by atoms with Gasteiger partial charge in [0.2, 0.25) is 11.8 Å². The quantitative estimate of drug-likeness (QED) is 0.483. The first kappa shape index (κ1) is 20.7. The lowest BCUT2D eigenvalue weighted by Gasteiger charge is -2.22. The summed E-state index contributed by atoms with van der Waals surface area (Å²) in [5.74, 6) is -1.02. The van der Waals surface area contributed by atoms with Crippen molar-refractivity contribution in [1.82, 2.24) is 15.0 Å². The topological polar surface area (TPSA) is 127 Å². The van der Waals surface area contributed by atoms with Crippen molar-refractivity contribution in [2.75, 3.05) is 21.3 Å². The molecule has 1 atom stereocenters. The number of benzene rings is 1. The zero-order valence-electron chi connectivity index (χ0n) is 16.5. The van der Waals surface area contributed by atoms with Crippen molar-refractivity contribution in [1.29, 1.82) is 5.26 Å². The SMILES string of the molecule is COC(=O)c1c(-c2ccccc2)ccnc1C(O)(C#N)c1nc(OC)cc(OC)n1. The molecule has 1 aromatic carbocycles. The Bertz CT molecular complexity index is 1090. The normalized spacial score (nSPS) is 12.4. The predicted molar refractivity (Wildman–Crippen MR) is 105 cm³/mol. The van der Waals surface area contributed by atoms with E-state index in [0.29, 0.717) is 11.1 Å². The van der Waals surface area contributed by atoms with E-state index in [1.54, 1.807) is 36.4 Å². The van der Waals surface area contributed by atoms with Crippen LogP contribution in [0.25, 0.3) is 11.1 Å². The summed E-state index contributed by atoms with van der Waals surface area (Å²) < 4.78 is 15.1. The number of methoxy groups -OCH3 is 3. The number of carbonyl (C=O) groups excluding carboxylic acids is 1. The van der Waals surface area contributed by atoms with Crippen molar-refractivity contribution >= 4 is 5.97 Å². The van der Waals surface area contributed by atoms with Crippen LogP contribution < -0.4 is 9.47 Å². The van der Waals surface area contributed by atoms with Crippen LogP contribution in [0.15, 0.2) is 48.7 Å². The fraction of sp³-hybridized carbons (Fsp3) is 0.190. The van der Waals surface area contributed by atoms with E-state index in [-0.39, 0.29) is 28.8 Å². The smallest absolute Gasteiger partial charge is 0.340 e. The number of aliphatic hydroxyl groups is 1. The Balaban J connectivity index is 2.33. The van der Waals surface area contributed by atoms with E-state index < -0.39 is 11.6 Å². The zero-order valence-corrected chi connectivity index (χ0v) is 16.5. The Morgan fingerprint density at radius 2 is 1.70 bits per heavy atom. The van der Waals surface area contributed by atoms with E-state index in [4.69, 9.17) is 14.2 Å². The van der Waals surface area contributed by atoms with Crippen LogP contribution in [0.3, 0.4) is 0 Å². The molecule has 0 amide bonds. The van der Waals surface area contributed by atoms with E-state index in [0.717, 1.165) is 0 Å². The molecule has 0 saturated heterocycles. The van der Waals surface area contributed by atoms with E-state index >= 15 is 0 Å². The van der Waals surface area contributed by atoms with E-state index in [2.05, 4.69) is 15.0 Å². The number of aromatic nitrogens is 3. The van der Waals surface area contributed by atoms with Crippen molar-refractivity contribution in [2.24, 2.45) is 0 Å². The molecule has 9 heteroatoms. The molecule has 0 bridgehead atoms. The maximum absolute atomic E-state index is 12.7. The largest absolute Gasteiger partial charge is 0.481 e. The van der Waals surface area contributed by atoms with Crippen LogP contribution in [-0.2, 0) is 10.3 Å². The zero-order chi connectivity index (χ0) is 21.7. The fourth-order valence-corrected chi connectivity index (χ4v) is 2.89. The molecular weight excluding hydrogens is 388 g/mol. The van der Waals surface area contributed by atoms with E-state index in [1.807, 2.05) is 6.07 Å². The van der Waals surface area contributed by atoms with Gasteiger partial charge in [0.25, 0.3) is 5.60 Å². The van der Waals surface area contributed by atoms with Crippen molar-refractivity contribution in [2.45, 2.75) is 5.60 Å². The van der Waals surface area contributed by atoms with Crippen LogP contribution in [0.1, 0.15) is 21.9 Å². The maximum atomic E-state index is 12.7. The van der Waals surface area contributed by atoms with Gasteiger partial charge in [-0.2, -0.15) is 15.2 Å². The number of rotatable bonds is 6. The molecule has 0 fully saturated rings. The van der Waals surface area contributed by atoms with Crippen LogP contribution in [0.2, 0.25) is 0 Å². The summed E-state index contributed by atoms with van der Waals surface area (Å²) in [6, 6.07) is 13.7. The molecule has 0 aliphatic heterocycles. The number of nitrogens with zero attached hydrogens (tertiary/aromatic N) is 4. The lowest BCUT2D eigenvalue weighted by atomic mass is 9.90. The molecule has 1 unspecified atom stereocenters. The van der Waals surface area contributed by atoms with Gasteiger partial charge in [-0.05, 0) is 17.2 Å².